The summed E-state index contributed by atoms with van der Waals surface area (Å²) in [6.07, 6.45) is 5.54. The number of hydrazone groups is 1. The third kappa shape index (κ3) is 6.95. The highest BCUT2D eigenvalue weighted by Gasteiger charge is 2.29. The maximum absolute atomic E-state index is 11.9. The summed E-state index contributed by atoms with van der Waals surface area (Å²) in [5, 5.41) is 15.4. The first kappa shape index (κ1) is 23.0. The van der Waals surface area contributed by atoms with Crippen LogP contribution in [0.3, 0.4) is 0 Å². The molecule has 0 aliphatic carbocycles. The monoisotopic (exact) mass is 412 g/mol. The van der Waals surface area contributed by atoms with E-state index in [9.17, 15) is 14.9 Å². The van der Waals surface area contributed by atoms with Crippen molar-refractivity contribution in [1.29, 1.82) is 0 Å². The molecule has 2 aromatic rings. The van der Waals surface area contributed by atoms with Crippen LogP contribution in [0, 0.1) is 15.5 Å². The molecule has 8 heteroatoms. The maximum atomic E-state index is 11.9. The molecule has 1 aromatic heterocycles. The van der Waals surface area contributed by atoms with Crippen molar-refractivity contribution in [2.24, 2.45) is 10.5 Å². The summed E-state index contributed by atoms with van der Waals surface area (Å²) in [6.45, 7) is 10.1. The molecule has 0 fully saturated rings. The van der Waals surface area contributed by atoms with Crippen LogP contribution in [0.4, 0.5) is 5.69 Å². The van der Waals surface area contributed by atoms with Gasteiger partial charge in [-0.05, 0) is 46.6 Å². The molecule has 8 nitrogen and oxygen atoms in total. The number of nitro groups is 1. The molecular formula is C22H28N4O4. The zero-order valence-electron chi connectivity index (χ0n) is 18.0. The molecular weight excluding hydrogens is 384 g/mol. The summed E-state index contributed by atoms with van der Waals surface area (Å²) < 4.78 is 5.39. The van der Waals surface area contributed by atoms with Gasteiger partial charge in [0.25, 0.3) is 5.91 Å². The molecule has 0 spiro atoms. The first-order chi connectivity index (χ1) is 14.0. The summed E-state index contributed by atoms with van der Waals surface area (Å²) >= 11 is 0. The molecule has 0 aliphatic rings. The minimum atomic E-state index is -0.522. The van der Waals surface area contributed by atoms with Gasteiger partial charge in [-0.1, -0.05) is 40.7 Å². The van der Waals surface area contributed by atoms with E-state index in [2.05, 4.69) is 50.1 Å². The number of ether oxygens (including phenoxy) is 1. The highest BCUT2D eigenvalue weighted by Crippen LogP contribution is 2.39. The molecule has 0 unspecified atom stereocenters. The number of nitrogens with zero attached hydrogens (tertiary/aromatic N) is 3. The van der Waals surface area contributed by atoms with Crippen LogP contribution in [-0.2, 0) is 10.2 Å². The average molecular weight is 412 g/mol. The number of benzene rings is 1. The van der Waals surface area contributed by atoms with Crippen molar-refractivity contribution in [3.8, 4) is 5.75 Å². The van der Waals surface area contributed by atoms with Crippen LogP contribution < -0.4 is 10.2 Å². The highest BCUT2D eigenvalue weighted by molar-refractivity contribution is 5.82. The van der Waals surface area contributed by atoms with E-state index in [1.165, 1.54) is 12.3 Å². The lowest BCUT2D eigenvalue weighted by molar-refractivity contribution is -0.385. The van der Waals surface area contributed by atoms with E-state index in [1.54, 1.807) is 30.6 Å². The number of nitro benzene ring substituents is 1. The molecule has 0 radical (unpaired) electrons. The molecule has 1 N–H and O–H groups in total. The average Bonchev–Trinajstić information content (AvgIpc) is 2.65. The molecule has 0 saturated carbocycles. The van der Waals surface area contributed by atoms with Crippen LogP contribution in [0.25, 0.3) is 0 Å². The standard InChI is InChI=1S/C22H28N4O4/c1-21(2,3)15-22(4,5)17-6-7-19(18(12-17)26(28)29)30-14-20(27)25-24-13-16-8-10-23-11-9-16/h6-13H,14-15H2,1-5H3,(H,25,27)/b24-13+. The number of hydrogen-bond donors (Lipinski definition) is 1. The summed E-state index contributed by atoms with van der Waals surface area (Å²) in [4.78, 5) is 26.9. The van der Waals surface area contributed by atoms with E-state index in [1.807, 2.05) is 6.07 Å². The number of aromatic nitrogens is 1. The topological polar surface area (TPSA) is 107 Å². The van der Waals surface area contributed by atoms with E-state index in [-0.39, 0.29) is 28.9 Å². The quantitative estimate of drug-likeness (QED) is 0.397. The third-order valence-corrected chi connectivity index (χ3v) is 4.38. The largest absolute Gasteiger partial charge is 0.477 e. The van der Waals surface area contributed by atoms with Crippen LogP contribution in [-0.4, -0.2) is 28.6 Å². The van der Waals surface area contributed by atoms with Gasteiger partial charge in [-0.25, -0.2) is 5.43 Å². The van der Waals surface area contributed by atoms with Crippen LogP contribution in [0.15, 0.2) is 47.8 Å². The smallest absolute Gasteiger partial charge is 0.311 e. The zero-order chi connectivity index (χ0) is 22.4. The van der Waals surface area contributed by atoms with Gasteiger partial charge < -0.3 is 4.74 Å². The van der Waals surface area contributed by atoms with Crippen LogP contribution in [0.2, 0.25) is 0 Å². The number of carbonyl (C=O) groups is 1. The van der Waals surface area contributed by atoms with Gasteiger partial charge in [-0.2, -0.15) is 5.10 Å². The number of pyridine rings is 1. The van der Waals surface area contributed by atoms with Crippen molar-refractivity contribution in [3.63, 3.8) is 0 Å². The van der Waals surface area contributed by atoms with Gasteiger partial charge in [0.05, 0.1) is 11.1 Å². The number of carbonyl (C=O) groups excluding carboxylic acids is 1. The van der Waals surface area contributed by atoms with Gasteiger partial charge in [-0.3, -0.25) is 19.9 Å². The second kappa shape index (κ2) is 9.47. The van der Waals surface area contributed by atoms with Gasteiger partial charge in [0, 0.05) is 18.5 Å². The lowest BCUT2D eigenvalue weighted by Gasteiger charge is -2.33. The second-order valence-electron chi connectivity index (χ2n) is 8.92. The molecule has 30 heavy (non-hydrogen) atoms. The minimum absolute atomic E-state index is 0.0450. The Labute approximate surface area is 176 Å². The Hall–Kier alpha value is -3.29. The fourth-order valence-electron chi connectivity index (χ4n) is 3.43. The Morgan fingerprint density at radius 1 is 1.20 bits per heavy atom. The normalized spacial score (nSPS) is 12.0. The predicted molar refractivity (Wildman–Crippen MR) is 116 cm³/mol. The fourth-order valence-corrected chi connectivity index (χ4v) is 3.43. The van der Waals surface area contributed by atoms with E-state index < -0.39 is 10.8 Å². The minimum Gasteiger partial charge on any atom is -0.477 e. The van der Waals surface area contributed by atoms with Crippen molar-refractivity contribution >= 4 is 17.8 Å². The third-order valence-electron chi connectivity index (χ3n) is 4.38. The summed E-state index contributed by atoms with van der Waals surface area (Å²) in [7, 11) is 0. The zero-order valence-corrected chi connectivity index (χ0v) is 18.0. The molecule has 0 bridgehead atoms. The molecule has 1 heterocycles. The molecule has 0 atom stereocenters. The molecule has 0 saturated heterocycles. The van der Waals surface area contributed by atoms with Crippen molar-refractivity contribution in [2.45, 2.75) is 46.5 Å². The molecule has 1 amide bonds. The van der Waals surface area contributed by atoms with Crippen LogP contribution >= 0.6 is 0 Å². The highest BCUT2D eigenvalue weighted by atomic mass is 16.6. The van der Waals surface area contributed by atoms with Gasteiger partial charge in [0.15, 0.2) is 12.4 Å². The summed E-state index contributed by atoms with van der Waals surface area (Å²) in [5.41, 5.74) is 3.61. The van der Waals surface area contributed by atoms with Gasteiger partial charge in [-0.15, -0.1) is 0 Å². The summed E-state index contributed by atoms with van der Waals surface area (Å²) in [5.74, 6) is -0.477. The second-order valence-corrected chi connectivity index (χ2v) is 8.92. The van der Waals surface area contributed by atoms with E-state index >= 15 is 0 Å². The Bertz CT molecular complexity index is 918. The fraction of sp³-hybridized carbons (Fsp3) is 0.409. The van der Waals surface area contributed by atoms with Gasteiger partial charge >= 0.3 is 5.69 Å². The predicted octanol–water partition coefficient (Wildman–Crippen LogP) is 4.23. The number of hydrogen-bond acceptors (Lipinski definition) is 6. The van der Waals surface area contributed by atoms with Crippen molar-refractivity contribution in [3.05, 3.63) is 64.0 Å². The number of rotatable bonds is 8. The van der Waals surface area contributed by atoms with Crippen molar-refractivity contribution in [1.82, 2.24) is 10.4 Å². The first-order valence-corrected chi connectivity index (χ1v) is 9.62. The lowest BCUT2D eigenvalue weighted by Crippen LogP contribution is -2.26. The maximum Gasteiger partial charge on any atom is 0.311 e. The van der Waals surface area contributed by atoms with E-state index in [0.717, 1.165) is 17.5 Å². The molecule has 2 rings (SSSR count). The lowest BCUT2D eigenvalue weighted by atomic mass is 9.72. The molecule has 0 aliphatic heterocycles. The van der Waals surface area contributed by atoms with Crippen LogP contribution in [0.1, 0.15) is 52.2 Å². The van der Waals surface area contributed by atoms with Crippen molar-refractivity contribution in [2.75, 3.05) is 6.61 Å². The Morgan fingerprint density at radius 2 is 1.87 bits per heavy atom. The molecule has 160 valence electrons. The Balaban J connectivity index is 2.06. The Morgan fingerprint density at radius 3 is 2.47 bits per heavy atom. The number of amides is 1. The van der Waals surface area contributed by atoms with E-state index in [0.29, 0.717) is 0 Å². The van der Waals surface area contributed by atoms with Crippen molar-refractivity contribution < 1.29 is 14.5 Å². The Kier molecular flexibility index (Phi) is 7.26. The molecule has 1 aromatic carbocycles. The SMILES string of the molecule is CC(C)(C)CC(C)(C)c1ccc(OCC(=O)N/N=C/c2ccncc2)c([N+](=O)[O-])c1. The first-order valence-electron chi connectivity index (χ1n) is 9.62. The van der Waals surface area contributed by atoms with Gasteiger partial charge in [0.1, 0.15) is 0 Å². The number of nitrogens with one attached hydrogen (secondary N) is 1. The summed E-state index contributed by atoms with van der Waals surface area (Å²) in [6, 6.07) is 8.36. The van der Waals surface area contributed by atoms with Gasteiger partial charge in [0.2, 0.25) is 0 Å². The van der Waals surface area contributed by atoms with Crippen LogP contribution in [0.5, 0.6) is 5.75 Å². The van der Waals surface area contributed by atoms with E-state index in [4.69, 9.17) is 4.74 Å².